The Balaban J connectivity index is 1.73. The summed E-state index contributed by atoms with van der Waals surface area (Å²) in [5.74, 6) is 0.864. The van der Waals surface area contributed by atoms with Crippen molar-refractivity contribution in [3.8, 4) is 11.5 Å². The number of hydrogen-bond acceptors (Lipinski definition) is 7. The molecule has 0 saturated carbocycles. The highest BCUT2D eigenvalue weighted by Gasteiger charge is 2.29. The predicted molar refractivity (Wildman–Crippen MR) is 131 cm³/mol. The molecule has 7 nitrogen and oxygen atoms in total. The van der Waals surface area contributed by atoms with Crippen LogP contribution in [0.1, 0.15) is 60.0 Å². The number of amides is 1. The van der Waals surface area contributed by atoms with E-state index in [2.05, 4.69) is 5.32 Å². The minimum atomic E-state index is -0.406. The van der Waals surface area contributed by atoms with Gasteiger partial charge < -0.3 is 19.5 Å². The number of rotatable bonds is 10. The molecule has 0 aliphatic heterocycles. The predicted octanol–water partition coefficient (Wildman–Crippen LogP) is 4.67. The smallest absolute Gasteiger partial charge is 0.341 e. The summed E-state index contributed by atoms with van der Waals surface area (Å²) >= 11 is 1.51. The lowest BCUT2D eigenvalue weighted by molar-refractivity contribution is -0.120. The summed E-state index contributed by atoms with van der Waals surface area (Å²) in [7, 11) is 3.52. The Morgan fingerprint density at radius 1 is 1.15 bits per heavy atom. The number of methoxy groups -OCH3 is 1. The number of hydrogen-bond donors (Lipinski definition) is 1. The molecule has 1 aromatic carbocycles. The molecule has 180 valence electrons. The Kier molecular flexibility index (Phi) is 8.74. The van der Waals surface area contributed by atoms with E-state index in [1.54, 1.807) is 14.0 Å². The van der Waals surface area contributed by atoms with Gasteiger partial charge in [0.05, 0.1) is 31.9 Å². The van der Waals surface area contributed by atoms with E-state index in [1.807, 2.05) is 44.0 Å². The Morgan fingerprint density at radius 2 is 1.91 bits per heavy atom. The Labute approximate surface area is 200 Å². The van der Waals surface area contributed by atoms with Crippen LogP contribution in [0.3, 0.4) is 0 Å². The van der Waals surface area contributed by atoms with Crippen molar-refractivity contribution in [3.05, 3.63) is 39.8 Å². The van der Waals surface area contributed by atoms with E-state index >= 15 is 0 Å². The number of anilines is 1. The van der Waals surface area contributed by atoms with Gasteiger partial charge >= 0.3 is 5.97 Å². The fraction of sp³-hybridized carbons (Fsp3) is 0.520. The summed E-state index contributed by atoms with van der Waals surface area (Å²) in [6, 6.07) is 5.38. The third-order valence-electron chi connectivity index (χ3n) is 5.89. The normalized spacial score (nSPS) is 13.9. The van der Waals surface area contributed by atoms with Gasteiger partial charge in [0, 0.05) is 11.4 Å². The Bertz CT molecular complexity index is 987. The van der Waals surface area contributed by atoms with Crippen LogP contribution in [-0.2, 0) is 28.9 Å². The number of fused-ring (bicyclic) bond motifs is 1. The fourth-order valence-corrected chi connectivity index (χ4v) is 5.28. The average Bonchev–Trinajstić information content (AvgIpc) is 3.17. The first-order valence-corrected chi connectivity index (χ1v) is 12.3. The van der Waals surface area contributed by atoms with Crippen LogP contribution in [0.15, 0.2) is 18.2 Å². The quantitative estimate of drug-likeness (QED) is 0.504. The summed E-state index contributed by atoms with van der Waals surface area (Å²) in [4.78, 5) is 28.9. The molecule has 1 aliphatic carbocycles. The van der Waals surface area contributed by atoms with Crippen molar-refractivity contribution in [1.29, 1.82) is 0 Å². The van der Waals surface area contributed by atoms with Crippen LogP contribution >= 0.6 is 11.3 Å². The standard InChI is InChI=1S/C25H34N2O5S/c1-6-31-19-13-12-17(14-20(19)30-5)15-27(4)16(3)23(28)26-24-22(25(29)32-7-2)18-10-8-9-11-21(18)33-24/h12-14,16H,6-11,15H2,1-5H3,(H,26,28)/t16-/m0/s1. The Hall–Kier alpha value is -2.58. The summed E-state index contributed by atoms with van der Waals surface area (Å²) < 4.78 is 16.3. The van der Waals surface area contributed by atoms with Gasteiger partial charge in [-0.15, -0.1) is 11.3 Å². The van der Waals surface area contributed by atoms with Crippen molar-refractivity contribution in [2.24, 2.45) is 0 Å². The second-order valence-electron chi connectivity index (χ2n) is 8.13. The number of carbonyl (C=O) groups is 2. The molecule has 0 bridgehead atoms. The first-order chi connectivity index (χ1) is 15.9. The monoisotopic (exact) mass is 474 g/mol. The van der Waals surface area contributed by atoms with Crippen LogP contribution < -0.4 is 14.8 Å². The first kappa shape index (κ1) is 25.1. The summed E-state index contributed by atoms with van der Waals surface area (Å²) in [6.07, 6.45) is 3.95. The number of nitrogens with zero attached hydrogens (tertiary/aromatic N) is 1. The number of likely N-dealkylation sites (N-methyl/N-ethyl adjacent to an activating group) is 1. The van der Waals surface area contributed by atoms with E-state index in [1.165, 1.54) is 16.2 Å². The lowest BCUT2D eigenvalue weighted by Gasteiger charge is -2.24. The molecule has 3 rings (SSSR count). The van der Waals surface area contributed by atoms with Crippen molar-refractivity contribution in [1.82, 2.24) is 4.90 Å². The van der Waals surface area contributed by atoms with Gasteiger partial charge in [-0.25, -0.2) is 4.79 Å². The van der Waals surface area contributed by atoms with Crippen LogP contribution in [0.4, 0.5) is 5.00 Å². The summed E-state index contributed by atoms with van der Waals surface area (Å²) in [6.45, 7) is 7.01. The molecule has 2 aromatic rings. The van der Waals surface area contributed by atoms with E-state index in [0.29, 0.717) is 41.8 Å². The van der Waals surface area contributed by atoms with Gasteiger partial charge in [-0.05, 0) is 76.8 Å². The molecule has 1 amide bonds. The fourth-order valence-electron chi connectivity index (χ4n) is 4.00. The number of ether oxygens (including phenoxy) is 3. The number of aryl methyl sites for hydroxylation is 1. The van der Waals surface area contributed by atoms with Crippen LogP contribution in [0.5, 0.6) is 11.5 Å². The molecule has 1 N–H and O–H groups in total. The molecular weight excluding hydrogens is 440 g/mol. The van der Waals surface area contributed by atoms with Gasteiger partial charge in [-0.1, -0.05) is 6.07 Å². The molecule has 1 atom stereocenters. The third kappa shape index (κ3) is 5.86. The molecule has 33 heavy (non-hydrogen) atoms. The number of esters is 1. The largest absolute Gasteiger partial charge is 0.493 e. The molecular formula is C25H34N2O5S. The molecule has 1 heterocycles. The van der Waals surface area contributed by atoms with Gasteiger partial charge in [0.15, 0.2) is 11.5 Å². The zero-order valence-corrected chi connectivity index (χ0v) is 21.0. The highest BCUT2D eigenvalue weighted by atomic mass is 32.1. The number of carbonyl (C=O) groups excluding carboxylic acids is 2. The lowest BCUT2D eigenvalue weighted by Crippen LogP contribution is -2.39. The van der Waals surface area contributed by atoms with Gasteiger partial charge in [0.1, 0.15) is 5.00 Å². The highest BCUT2D eigenvalue weighted by molar-refractivity contribution is 7.17. The Morgan fingerprint density at radius 3 is 2.61 bits per heavy atom. The van der Waals surface area contributed by atoms with Crippen LogP contribution in [0.25, 0.3) is 0 Å². The summed E-state index contributed by atoms with van der Waals surface area (Å²) in [5.41, 5.74) is 2.59. The van der Waals surface area contributed by atoms with Gasteiger partial charge in [-0.3, -0.25) is 9.69 Å². The average molecular weight is 475 g/mol. The van der Waals surface area contributed by atoms with Gasteiger partial charge in [-0.2, -0.15) is 0 Å². The number of nitrogens with one attached hydrogen (secondary N) is 1. The zero-order valence-electron chi connectivity index (χ0n) is 20.2. The topological polar surface area (TPSA) is 77.1 Å². The minimum absolute atomic E-state index is 0.153. The van der Waals surface area contributed by atoms with E-state index in [4.69, 9.17) is 14.2 Å². The second-order valence-corrected chi connectivity index (χ2v) is 9.24. The SMILES string of the molecule is CCOC(=O)c1c(NC(=O)[C@H](C)N(C)Cc2ccc(OCC)c(OC)c2)sc2c1CCCC2. The van der Waals surface area contributed by atoms with E-state index in [0.717, 1.165) is 36.8 Å². The number of benzene rings is 1. The van der Waals surface area contributed by atoms with E-state index in [9.17, 15) is 9.59 Å². The molecule has 8 heteroatoms. The molecule has 0 radical (unpaired) electrons. The maximum atomic E-state index is 13.1. The summed E-state index contributed by atoms with van der Waals surface area (Å²) in [5, 5.41) is 3.62. The van der Waals surface area contributed by atoms with Gasteiger partial charge in [0.2, 0.25) is 5.91 Å². The molecule has 0 fully saturated rings. The highest BCUT2D eigenvalue weighted by Crippen LogP contribution is 2.38. The molecule has 1 aromatic heterocycles. The van der Waals surface area contributed by atoms with Crippen molar-refractivity contribution >= 4 is 28.2 Å². The molecule has 1 aliphatic rings. The second kappa shape index (κ2) is 11.5. The van der Waals surface area contributed by atoms with Crippen molar-refractivity contribution in [3.63, 3.8) is 0 Å². The zero-order chi connectivity index (χ0) is 24.0. The van der Waals surface area contributed by atoms with E-state index in [-0.39, 0.29) is 11.9 Å². The maximum Gasteiger partial charge on any atom is 0.341 e. The maximum absolute atomic E-state index is 13.1. The first-order valence-electron chi connectivity index (χ1n) is 11.5. The van der Waals surface area contributed by atoms with Crippen molar-refractivity contribution in [2.75, 3.05) is 32.7 Å². The van der Waals surface area contributed by atoms with Crippen LogP contribution in [0, 0.1) is 0 Å². The van der Waals surface area contributed by atoms with Crippen LogP contribution in [0.2, 0.25) is 0 Å². The van der Waals surface area contributed by atoms with Crippen molar-refractivity contribution in [2.45, 2.75) is 59.0 Å². The lowest BCUT2D eigenvalue weighted by atomic mass is 9.95. The molecule has 0 saturated heterocycles. The van der Waals surface area contributed by atoms with Crippen LogP contribution in [-0.4, -0.2) is 50.2 Å². The molecule has 0 unspecified atom stereocenters. The van der Waals surface area contributed by atoms with E-state index < -0.39 is 6.04 Å². The molecule has 0 spiro atoms. The van der Waals surface area contributed by atoms with Gasteiger partial charge in [0.25, 0.3) is 0 Å². The third-order valence-corrected chi connectivity index (χ3v) is 7.10. The number of thiophene rings is 1. The van der Waals surface area contributed by atoms with Crippen molar-refractivity contribution < 1.29 is 23.8 Å². The minimum Gasteiger partial charge on any atom is -0.493 e.